The fraction of sp³-hybridized carbons (Fsp3) is 0.167. The lowest BCUT2D eigenvalue weighted by atomic mass is 10.3. The Hall–Kier alpha value is -2.19. The fourth-order valence-electron chi connectivity index (χ4n) is 1.92. The van der Waals surface area contributed by atoms with Crippen LogP contribution in [0.15, 0.2) is 41.6 Å². The van der Waals surface area contributed by atoms with Crippen LogP contribution in [-0.2, 0) is 10.0 Å². The highest BCUT2D eigenvalue weighted by atomic mass is 32.2. The number of H-pyrrole nitrogens is 2. The van der Waals surface area contributed by atoms with Crippen LogP contribution >= 0.6 is 0 Å². The van der Waals surface area contributed by atoms with Crippen molar-refractivity contribution < 1.29 is 8.42 Å². The molecule has 8 heteroatoms. The van der Waals surface area contributed by atoms with E-state index < -0.39 is 16.1 Å². The van der Waals surface area contributed by atoms with Gasteiger partial charge in [-0.1, -0.05) is 12.1 Å². The van der Waals surface area contributed by atoms with E-state index >= 15 is 0 Å². The van der Waals surface area contributed by atoms with Crippen molar-refractivity contribution in [3.8, 4) is 0 Å². The summed E-state index contributed by atoms with van der Waals surface area (Å²) in [5.74, 6) is 0.568. The van der Waals surface area contributed by atoms with Gasteiger partial charge < -0.3 is 4.98 Å². The molecule has 104 valence electrons. The Morgan fingerprint density at radius 3 is 2.80 bits per heavy atom. The van der Waals surface area contributed by atoms with Gasteiger partial charge in [0, 0.05) is 6.20 Å². The van der Waals surface area contributed by atoms with Crippen molar-refractivity contribution in [3.63, 3.8) is 0 Å². The molecule has 0 aliphatic rings. The van der Waals surface area contributed by atoms with Gasteiger partial charge in [0.2, 0.25) is 10.0 Å². The highest BCUT2D eigenvalue weighted by Gasteiger charge is 2.21. The molecular weight excluding hydrogens is 278 g/mol. The van der Waals surface area contributed by atoms with Crippen LogP contribution in [-0.4, -0.2) is 28.6 Å². The molecule has 7 nitrogen and oxygen atoms in total. The molecule has 3 aromatic rings. The number of benzene rings is 1. The van der Waals surface area contributed by atoms with Gasteiger partial charge in [0.15, 0.2) is 0 Å². The molecule has 0 radical (unpaired) electrons. The molecule has 0 amide bonds. The molecule has 3 N–H and O–H groups in total. The van der Waals surface area contributed by atoms with E-state index in [4.69, 9.17) is 0 Å². The average molecular weight is 291 g/mol. The van der Waals surface area contributed by atoms with Crippen LogP contribution in [0.1, 0.15) is 18.8 Å². The number of aromatic amines is 2. The van der Waals surface area contributed by atoms with Crippen LogP contribution in [0.5, 0.6) is 0 Å². The van der Waals surface area contributed by atoms with Crippen molar-refractivity contribution >= 4 is 21.1 Å². The van der Waals surface area contributed by atoms with Crippen LogP contribution in [0.3, 0.4) is 0 Å². The Bertz CT molecular complexity index is 790. The van der Waals surface area contributed by atoms with Crippen LogP contribution in [0.4, 0.5) is 0 Å². The molecular formula is C12H13N5O2S. The number of sulfonamides is 1. The third-order valence-corrected chi connectivity index (χ3v) is 4.44. The predicted octanol–water partition coefficient (Wildman–Crippen LogP) is 1.33. The smallest absolute Gasteiger partial charge is 0.244 e. The summed E-state index contributed by atoms with van der Waals surface area (Å²) in [5.41, 5.74) is 1.67. The molecule has 0 saturated heterocycles. The van der Waals surface area contributed by atoms with Crippen LogP contribution in [0.2, 0.25) is 0 Å². The zero-order valence-corrected chi connectivity index (χ0v) is 11.5. The third kappa shape index (κ3) is 2.30. The first-order valence-corrected chi connectivity index (χ1v) is 7.50. The van der Waals surface area contributed by atoms with Crippen molar-refractivity contribution in [2.75, 3.05) is 0 Å². The number of imidazole rings is 1. The average Bonchev–Trinajstić information content (AvgIpc) is 3.07. The molecule has 20 heavy (non-hydrogen) atoms. The summed E-state index contributed by atoms with van der Waals surface area (Å²) in [4.78, 5) is 7.57. The van der Waals surface area contributed by atoms with Crippen molar-refractivity contribution in [1.82, 2.24) is 24.9 Å². The van der Waals surface area contributed by atoms with E-state index in [1.165, 1.54) is 12.4 Å². The van der Waals surface area contributed by atoms with Gasteiger partial charge in [-0.2, -0.15) is 5.10 Å². The maximum atomic E-state index is 12.1. The first-order valence-electron chi connectivity index (χ1n) is 6.02. The van der Waals surface area contributed by atoms with E-state index in [0.717, 1.165) is 11.0 Å². The Kier molecular flexibility index (Phi) is 3.03. The molecule has 0 fully saturated rings. The van der Waals surface area contributed by atoms with E-state index in [2.05, 4.69) is 24.9 Å². The second kappa shape index (κ2) is 4.73. The number of aromatic nitrogens is 4. The summed E-state index contributed by atoms with van der Waals surface area (Å²) in [5, 5.41) is 6.11. The van der Waals surface area contributed by atoms with E-state index in [9.17, 15) is 8.42 Å². The minimum absolute atomic E-state index is 0.0976. The summed E-state index contributed by atoms with van der Waals surface area (Å²) < 4.78 is 26.7. The number of nitrogens with zero attached hydrogens (tertiary/aromatic N) is 2. The van der Waals surface area contributed by atoms with Gasteiger partial charge in [-0.15, -0.1) is 0 Å². The largest absolute Gasteiger partial charge is 0.341 e. The lowest BCUT2D eigenvalue weighted by Gasteiger charge is -2.10. The van der Waals surface area contributed by atoms with E-state index in [0.29, 0.717) is 5.82 Å². The number of hydrogen-bond acceptors (Lipinski definition) is 4. The summed E-state index contributed by atoms with van der Waals surface area (Å²) in [6, 6.07) is 7.07. The third-order valence-electron chi connectivity index (χ3n) is 2.93. The normalized spacial score (nSPS) is 13.7. The quantitative estimate of drug-likeness (QED) is 0.674. The van der Waals surface area contributed by atoms with Crippen LogP contribution < -0.4 is 4.72 Å². The molecule has 2 heterocycles. The molecule has 0 spiro atoms. The van der Waals surface area contributed by atoms with Gasteiger partial charge in [-0.3, -0.25) is 5.10 Å². The topological polar surface area (TPSA) is 104 Å². The maximum absolute atomic E-state index is 12.1. The lowest BCUT2D eigenvalue weighted by Crippen LogP contribution is -2.27. The Balaban J connectivity index is 1.88. The van der Waals surface area contributed by atoms with Crippen molar-refractivity contribution in [1.29, 1.82) is 0 Å². The van der Waals surface area contributed by atoms with Crippen LogP contribution in [0.25, 0.3) is 11.0 Å². The van der Waals surface area contributed by atoms with E-state index in [-0.39, 0.29) is 4.90 Å². The second-order valence-corrected chi connectivity index (χ2v) is 6.13. The highest BCUT2D eigenvalue weighted by Crippen LogP contribution is 2.17. The molecule has 0 bridgehead atoms. The molecule has 1 unspecified atom stereocenters. The monoisotopic (exact) mass is 291 g/mol. The van der Waals surface area contributed by atoms with Gasteiger partial charge in [-0.05, 0) is 19.1 Å². The standard InChI is InChI=1S/C12H13N5O2S/c1-8(17-20(18,19)9-6-13-14-7-9)12-15-10-4-2-3-5-11(10)16-12/h2-8,17H,1H3,(H,13,14)(H,15,16). The molecule has 2 aromatic heterocycles. The summed E-state index contributed by atoms with van der Waals surface area (Å²) in [7, 11) is -3.61. The summed E-state index contributed by atoms with van der Waals surface area (Å²) in [6.07, 6.45) is 2.58. The lowest BCUT2D eigenvalue weighted by molar-refractivity contribution is 0.561. The first kappa shape index (κ1) is 12.8. The van der Waals surface area contributed by atoms with Crippen molar-refractivity contribution in [2.45, 2.75) is 17.9 Å². The van der Waals surface area contributed by atoms with Gasteiger partial charge >= 0.3 is 0 Å². The minimum Gasteiger partial charge on any atom is -0.341 e. The molecule has 3 rings (SSSR count). The number of rotatable bonds is 4. The Morgan fingerprint density at radius 1 is 1.30 bits per heavy atom. The number of nitrogens with one attached hydrogen (secondary N) is 3. The van der Waals surface area contributed by atoms with Gasteiger partial charge in [0.05, 0.1) is 23.3 Å². The molecule has 1 atom stereocenters. The SMILES string of the molecule is CC(NS(=O)(=O)c1cn[nH]c1)c1nc2ccccc2[nH]1. The number of fused-ring (bicyclic) bond motifs is 1. The molecule has 0 aliphatic carbocycles. The predicted molar refractivity (Wildman–Crippen MR) is 73.4 cm³/mol. The Morgan fingerprint density at radius 2 is 2.10 bits per heavy atom. The van der Waals surface area contributed by atoms with Crippen molar-refractivity contribution in [2.24, 2.45) is 0 Å². The molecule has 0 saturated carbocycles. The fourth-order valence-corrected chi connectivity index (χ4v) is 3.03. The van der Waals surface area contributed by atoms with Crippen LogP contribution in [0, 0.1) is 0 Å². The van der Waals surface area contributed by atoms with Crippen molar-refractivity contribution in [3.05, 3.63) is 42.5 Å². The van der Waals surface area contributed by atoms with Gasteiger partial charge in [0.1, 0.15) is 10.7 Å². The zero-order valence-electron chi connectivity index (χ0n) is 10.7. The number of para-hydroxylation sites is 2. The highest BCUT2D eigenvalue weighted by molar-refractivity contribution is 7.89. The summed E-state index contributed by atoms with van der Waals surface area (Å²) >= 11 is 0. The van der Waals surface area contributed by atoms with E-state index in [1.54, 1.807) is 6.92 Å². The summed E-state index contributed by atoms with van der Waals surface area (Å²) in [6.45, 7) is 1.73. The zero-order chi connectivity index (χ0) is 14.2. The van der Waals surface area contributed by atoms with Gasteiger partial charge in [0.25, 0.3) is 0 Å². The minimum atomic E-state index is -3.61. The maximum Gasteiger partial charge on any atom is 0.244 e. The van der Waals surface area contributed by atoms with E-state index in [1.807, 2.05) is 24.3 Å². The van der Waals surface area contributed by atoms with Gasteiger partial charge in [-0.25, -0.2) is 18.1 Å². The Labute approximate surface area is 115 Å². The molecule has 1 aromatic carbocycles. The molecule has 0 aliphatic heterocycles. The number of hydrogen-bond donors (Lipinski definition) is 3. The second-order valence-electron chi connectivity index (χ2n) is 4.42. The first-order chi connectivity index (χ1) is 9.56.